The Morgan fingerprint density at radius 2 is 1.84 bits per heavy atom. The third kappa shape index (κ3) is 2.29. The molecule has 5 heteroatoms. The Morgan fingerprint density at radius 1 is 1.21 bits per heavy atom. The van der Waals surface area contributed by atoms with Crippen LogP contribution >= 0.6 is 0 Å². The van der Waals surface area contributed by atoms with E-state index in [1.807, 2.05) is 36.4 Å². The third-order valence-corrected chi connectivity index (χ3v) is 3.38. The summed E-state index contributed by atoms with van der Waals surface area (Å²) in [6.45, 7) is 0. The van der Waals surface area contributed by atoms with Gasteiger partial charge in [-0.25, -0.2) is 0 Å². The van der Waals surface area contributed by atoms with Crippen molar-refractivity contribution in [3.8, 4) is 12.1 Å². The number of hydrogen-bond acceptors (Lipinski definition) is 5. The van der Waals surface area contributed by atoms with Gasteiger partial charge in [-0.05, 0) is 5.56 Å². The van der Waals surface area contributed by atoms with Gasteiger partial charge < -0.3 is 4.74 Å². The second-order valence-corrected chi connectivity index (χ2v) is 4.37. The minimum atomic E-state index is -0.759. The molecular weight excluding hydrogens is 242 g/mol. The molecule has 96 valence electrons. The van der Waals surface area contributed by atoms with E-state index in [0.717, 1.165) is 5.56 Å². The number of benzene rings is 1. The van der Waals surface area contributed by atoms with E-state index >= 15 is 0 Å². The summed E-state index contributed by atoms with van der Waals surface area (Å²) in [6.07, 6.45) is 0. The fourth-order valence-corrected chi connectivity index (χ4v) is 2.43. The van der Waals surface area contributed by atoms with Gasteiger partial charge in [-0.15, -0.1) is 0 Å². The van der Waals surface area contributed by atoms with Crippen LogP contribution < -0.4 is 5.32 Å². The lowest BCUT2D eigenvalue weighted by Gasteiger charge is -2.14. The van der Waals surface area contributed by atoms with Gasteiger partial charge in [0.15, 0.2) is 0 Å². The number of nitriles is 2. The summed E-state index contributed by atoms with van der Waals surface area (Å²) in [5.41, 5.74) is 0.890. The van der Waals surface area contributed by atoms with Crippen LogP contribution in [0, 0.1) is 34.5 Å². The van der Waals surface area contributed by atoms with Crippen molar-refractivity contribution in [3.05, 3.63) is 35.9 Å². The molecule has 1 N–H and O–H groups in total. The highest BCUT2D eigenvalue weighted by atomic mass is 16.5. The maximum atomic E-state index is 11.7. The van der Waals surface area contributed by atoms with E-state index in [1.165, 1.54) is 7.11 Å². The summed E-state index contributed by atoms with van der Waals surface area (Å²) in [4.78, 5) is 11.7. The van der Waals surface area contributed by atoms with Crippen molar-refractivity contribution in [2.75, 3.05) is 7.11 Å². The molecule has 2 rings (SSSR count). The number of nitrogens with zero attached hydrogens (tertiary/aromatic N) is 2. The summed E-state index contributed by atoms with van der Waals surface area (Å²) in [6, 6.07) is 12.4. The molecule has 0 amide bonds. The molecule has 1 heterocycles. The van der Waals surface area contributed by atoms with E-state index in [-0.39, 0.29) is 6.04 Å². The van der Waals surface area contributed by atoms with Gasteiger partial charge in [0.1, 0.15) is 6.04 Å². The number of carbonyl (C=O) groups excluding carboxylic acids is 1. The molecule has 1 aromatic carbocycles. The van der Waals surface area contributed by atoms with Crippen LogP contribution in [0.15, 0.2) is 30.3 Å². The fraction of sp³-hybridized carbons (Fsp3) is 0.357. The van der Waals surface area contributed by atoms with E-state index in [9.17, 15) is 15.3 Å². The number of ether oxygens (including phenoxy) is 1. The zero-order valence-electron chi connectivity index (χ0n) is 10.4. The quantitative estimate of drug-likeness (QED) is 0.801. The lowest BCUT2D eigenvalue weighted by molar-refractivity contribution is -0.143. The first-order chi connectivity index (χ1) is 9.22. The number of nitrogens with one attached hydrogen (secondary N) is 1. The molecule has 1 aliphatic heterocycles. The monoisotopic (exact) mass is 255 g/mol. The van der Waals surface area contributed by atoms with Crippen molar-refractivity contribution in [3.63, 3.8) is 0 Å². The van der Waals surface area contributed by atoms with Crippen molar-refractivity contribution < 1.29 is 9.53 Å². The Labute approximate surface area is 111 Å². The summed E-state index contributed by atoms with van der Waals surface area (Å²) >= 11 is 0. The predicted molar refractivity (Wildman–Crippen MR) is 66.3 cm³/mol. The summed E-state index contributed by atoms with van der Waals surface area (Å²) < 4.78 is 4.68. The van der Waals surface area contributed by atoms with Gasteiger partial charge >= 0.3 is 5.97 Å². The number of hydrogen-bond donors (Lipinski definition) is 1. The molecule has 1 fully saturated rings. The van der Waals surface area contributed by atoms with Crippen LogP contribution in [0.5, 0.6) is 0 Å². The second kappa shape index (κ2) is 5.51. The lowest BCUT2D eigenvalue weighted by Crippen LogP contribution is -2.37. The van der Waals surface area contributed by atoms with Crippen molar-refractivity contribution >= 4 is 5.97 Å². The average Bonchev–Trinajstić information content (AvgIpc) is 2.85. The van der Waals surface area contributed by atoms with E-state index in [2.05, 4.69) is 16.1 Å². The van der Waals surface area contributed by atoms with Gasteiger partial charge in [0, 0.05) is 0 Å². The summed E-state index contributed by atoms with van der Waals surface area (Å²) in [7, 11) is 1.27. The van der Waals surface area contributed by atoms with E-state index in [1.54, 1.807) is 0 Å². The first-order valence-electron chi connectivity index (χ1n) is 5.91. The zero-order valence-corrected chi connectivity index (χ0v) is 10.4. The Kier molecular flexibility index (Phi) is 3.79. The molecule has 0 aliphatic carbocycles. The van der Waals surface area contributed by atoms with Crippen LogP contribution in [0.4, 0.5) is 0 Å². The first-order valence-corrected chi connectivity index (χ1v) is 5.91. The van der Waals surface area contributed by atoms with Crippen LogP contribution in [0.2, 0.25) is 0 Å². The van der Waals surface area contributed by atoms with Crippen molar-refractivity contribution in [1.82, 2.24) is 5.32 Å². The molecule has 0 spiro atoms. The Morgan fingerprint density at radius 3 is 2.37 bits per heavy atom. The first kappa shape index (κ1) is 13.1. The number of methoxy groups -OCH3 is 1. The molecule has 5 nitrogen and oxygen atoms in total. The molecule has 1 aliphatic rings. The molecule has 19 heavy (non-hydrogen) atoms. The third-order valence-electron chi connectivity index (χ3n) is 3.38. The van der Waals surface area contributed by atoms with Gasteiger partial charge in [-0.1, -0.05) is 30.3 Å². The van der Waals surface area contributed by atoms with Crippen LogP contribution in [-0.2, 0) is 9.53 Å². The SMILES string of the molecule is COC(=O)[C@@H]1N[C@H](c2ccccc2)[C@H](C#N)[C@H]1C#N. The lowest BCUT2D eigenvalue weighted by atomic mass is 9.86. The fourth-order valence-electron chi connectivity index (χ4n) is 2.43. The molecule has 1 saturated heterocycles. The maximum Gasteiger partial charge on any atom is 0.324 e. The second-order valence-electron chi connectivity index (χ2n) is 4.37. The predicted octanol–water partition coefficient (Wildman–Crippen LogP) is 1.15. The zero-order chi connectivity index (χ0) is 13.8. The topological polar surface area (TPSA) is 85.9 Å². The van der Waals surface area contributed by atoms with Gasteiger partial charge in [0.05, 0.1) is 37.1 Å². The molecule has 0 saturated carbocycles. The largest absolute Gasteiger partial charge is 0.468 e. The average molecular weight is 255 g/mol. The van der Waals surface area contributed by atoms with Gasteiger partial charge in [-0.2, -0.15) is 10.5 Å². The minimum Gasteiger partial charge on any atom is -0.468 e. The Balaban J connectivity index is 2.35. The maximum absolute atomic E-state index is 11.7. The van der Waals surface area contributed by atoms with Crippen molar-refractivity contribution in [2.24, 2.45) is 11.8 Å². The van der Waals surface area contributed by atoms with Gasteiger partial charge in [0.25, 0.3) is 0 Å². The van der Waals surface area contributed by atoms with Crippen molar-refractivity contribution in [2.45, 2.75) is 12.1 Å². The highest BCUT2D eigenvalue weighted by Crippen LogP contribution is 2.36. The number of rotatable bonds is 2. The summed E-state index contributed by atoms with van der Waals surface area (Å²) in [5, 5.41) is 21.5. The molecule has 0 aromatic heterocycles. The molecule has 0 bridgehead atoms. The molecule has 4 atom stereocenters. The highest BCUT2D eigenvalue weighted by molar-refractivity contribution is 5.77. The molecule has 0 unspecified atom stereocenters. The van der Waals surface area contributed by atoms with E-state index in [0.29, 0.717) is 0 Å². The molecule has 0 radical (unpaired) electrons. The number of esters is 1. The minimum absolute atomic E-state index is 0.333. The van der Waals surface area contributed by atoms with Crippen LogP contribution in [0.3, 0.4) is 0 Å². The molecular formula is C14H13N3O2. The van der Waals surface area contributed by atoms with Crippen molar-refractivity contribution in [1.29, 1.82) is 10.5 Å². The van der Waals surface area contributed by atoms with Crippen LogP contribution in [-0.4, -0.2) is 19.1 Å². The molecule has 1 aromatic rings. The summed E-state index contributed by atoms with van der Waals surface area (Å²) in [5.74, 6) is -1.79. The highest BCUT2D eigenvalue weighted by Gasteiger charge is 2.47. The van der Waals surface area contributed by atoms with Crippen LogP contribution in [0.1, 0.15) is 11.6 Å². The van der Waals surface area contributed by atoms with E-state index < -0.39 is 23.8 Å². The van der Waals surface area contributed by atoms with Gasteiger partial charge in [-0.3, -0.25) is 10.1 Å². The standard InChI is InChI=1S/C14H13N3O2/c1-19-14(18)13-11(8-16)10(7-15)12(17-13)9-5-3-2-4-6-9/h2-6,10-13,17H,1H3/t10-,11-,12-,13-/m1/s1. The van der Waals surface area contributed by atoms with Crippen LogP contribution in [0.25, 0.3) is 0 Å². The Bertz CT molecular complexity index is 544. The van der Waals surface area contributed by atoms with E-state index in [4.69, 9.17) is 0 Å². The normalized spacial score (nSPS) is 29.2. The van der Waals surface area contributed by atoms with Gasteiger partial charge in [0.2, 0.25) is 0 Å². The Hall–Kier alpha value is -2.37. The number of carbonyl (C=O) groups is 1. The smallest absolute Gasteiger partial charge is 0.324 e.